The Morgan fingerprint density at radius 2 is 2.04 bits per heavy atom. The van der Waals surface area contributed by atoms with Crippen molar-refractivity contribution in [3.8, 4) is 6.07 Å². The fourth-order valence-corrected chi connectivity index (χ4v) is 3.72. The summed E-state index contributed by atoms with van der Waals surface area (Å²) in [6.45, 7) is 8.06. The first-order chi connectivity index (χ1) is 13.4. The van der Waals surface area contributed by atoms with E-state index in [1.54, 1.807) is 6.20 Å². The van der Waals surface area contributed by atoms with E-state index in [-0.39, 0.29) is 18.0 Å². The number of piperidine rings is 1. The maximum atomic E-state index is 12.1. The molecule has 0 amide bonds. The fraction of sp³-hybridized carbons (Fsp3) is 0.522. The molecule has 148 valence electrons. The number of aromatic nitrogens is 1. The van der Waals surface area contributed by atoms with E-state index in [1.165, 1.54) is 0 Å². The van der Waals surface area contributed by atoms with E-state index in [1.807, 2.05) is 45.0 Å². The highest BCUT2D eigenvalue weighted by Gasteiger charge is 2.22. The van der Waals surface area contributed by atoms with E-state index in [2.05, 4.69) is 16.0 Å². The summed E-state index contributed by atoms with van der Waals surface area (Å²) in [6, 6.07) is 10.1. The molecule has 0 N–H and O–H groups in total. The number of benzene rings is 1. The van der Waals surface area contributed by atoms with Gasteiger partial charge in [-0.25, -0.2) is 0 Å². The number of nitriles is 1. The molecule has 2 heterocycles. The summed E-state index contributed by atoms with van der Waals surface area (Å²) in [7, 11) is 0. The lowest BCUT2D eigenvalue weighted by molar-refractivity contribution is -0.128. The minimum absolute atomic E-state index is 0.196. The SMILES string of the molecule is CC(C)(C)OCC(=O)CCC1CCN(c2ccc(C#N)c3ncccc23)CC1. The molecule has 28 heavy (non-hydrogen) atoms. The molecule has 1 aromatic carbocycles. The highest BCUT2D eigenvalue weighted by molar-refractivity contribution is 5.95. The zero-order valence-electron chi connectivity index (χ0n) is 17.1. The van der Waals surface area contributed by atoms with Crippen molar-refractivity contribution in [2.75, 3.05) is 24.6 Å². The van der Waals surface area contributed by atoms with Crippen LogP contribution >= 0.6 is 0 Å². The number of carbonyl (C=O) groups excluding carboxylic acids is 1. The average Bonchev–Trinajstić information content (AvgIpc) is 2.70. The van der Waals surface area contributed by atoms with Crippen LogP contribution in [-0.4, -0.2) is 36.1 Å². The van der Waals surface area contributed by atoms with Gasteiger partial charge in [0.15, 0.2) is 5.78 Å². The molecule has 3 rings (SSSR count). The van der Waals surface area contributed by atoms with Crippen molar-refractivity contribution in [3.05, 3.63) is 36.0 Å². The van der Waals surface area contributed by atoms with Gasteiger partial charge in [-0.3, -0.25) is 9.78 Å². The van der Waals surface area contributed by atoms with Crippen molar-refractivity contribution in [2.24, 2.45) is 5.92 Å². The van der Waals surface area contributed by atoms with Crippen LogP contribution in [-0.2, 0) is 9.53 Å². The van der Waals surface area contributed by atoms with Gasteiger partial charge in [0.2, 0.25) is 0 Å². The normalized spacial score (nSPS) is 15.6. The summed E-state index contributed by atoms with van der Waals surface area (Å²) in [5.74, 6) is 0.777. The third-order valence-electron chi connectivity index (χ3n) is 5.32. The van der Waals surface area contributed by atoms with Gasteiger partial charge in [-0.15, -0.1) is 0 Å². The molecule has 0 spiro atoms. The molecule has 5 nitrogen and oxygen atoms in total. The second-order valence-corrected chi connectivity index (χ2v) is 8.55. The standard InChI is InChI=1S/C23H29N3O2/c1-23(2,3)28-16-19(27)8-6-17-10-13-26(14-11-17)21-9-7-18(15-24)22-20(21)5-4-12-25-22/h4-5,7,9,12,17H,6,8,10-11,13-14,16H2,1-3H3. The summed E-state index contributed by atoms with van der Waals surface area (Å²) in [5, 5.41) is 10.4. The summed E-state index contributed by atoms with van der Waals surface area (Å²) in [4.78, 5) is 18.8. The van der Waals surface area contributed by atoms with Crippen molar-refractivity contribution in [3.63, 3.8) is 0 Å². The molecular weight excluding hydrogens is 350 g/mol. The highest BCUT2D eigenvalue weighted by Crippen LogP contribution is 2.32. The number of anilines is 1. The topological polar surface area (TPSA) is 66.2 Å². The first-order valence-corrected chi connectivity index (χ1v) is 10.1. The molecule has 0 bridgehead atoms. The lowest BCUT2D eigenvalue weighted by Gasteiger charge is -2.34. The summed E-state index contributed by atoms with van der Waals surface area (Å²) < 4.78 is 5.58. The second kappa shape index (κ2) is 8.70. The van der Waals surface area contributed by atoms with Gasteiger partial charge < -0.3 is 9.64 Å². The minimum Gasteiger partial charge on any atom is -0.371 e. The monoisotopic (exact) mass is 379 g/mol. The van der Waals surface area contributed by atoms with Crippen molar-refractivity contribution in [2.45, 2.75) is 52.1 Å². The molecule has 1 saturated heterocycles. The fourth-order valence-electron chi connectivity index (χ4n) is 3.72. The summed E-state index contributed by atoms with van der Waals surface area (Å²) in [5.41, 5.74) is 2.27. The second-order valence-electron chi connectivity index (χ2n) is 8.55. The summed E-state index contributed by atoms with van der Waals surface area (Å²) >= 11 is 0. The number of fused-ring (bicyclic) bond motifs is 1. The van der Waals surface area contributed by atoms with Gasteiger partial charge >= 0.3 is 0 Å². The molecule has 2 aromatic rings. The molecule has 0 radical (unpaired) electrons. The van der Waals surface area contributed by atoms with Gasteiger partial charge in [0.1, 0.15) is 12.7 Å². The number of nitrogens with zero attached hydrogens (tertiary/aromatic N) is 3. The Kier molecular flexibility index (Phi) is 6.31. The van der Waals surface area contributed by atoms with Gasteiger partial charge in [-0.2, -0.15) is 5.26 Å². The average molecular weight is 380 g/mol. The quantitative estimate of drug-likeness (QED) is 0.740. The van der Waals surface area contributed by atoms with E-state index < -0.39 is 0 Å². The van der Waals surface area contributed by atoms with Crippen LogP contribution in [0.3, 0.4) is 0 Å². The number of hydrogen-bond acceptors (Lipinski definition) is 5. The number of hydrogen-bond donors (Lipinski definition) is 0. The zero-order chi connectivity index (χ0) is 20.1. The lowest BCUT2D eigenvalue weighted by atomic mass is 9.91. The van der Waals surface area contributed by atoms with Gasteiger partial charge in [-0.1, -0.05) is 0 Å². The van der Waals surface area contributed by atoms with E-state index in [0.717, 1.165) is 48.9 Å². The number of Topliss-reactive ketones (excluding diaryl/α,β-unsaturated/α-hetero) is 1. The predicted octanol–water partition coefficient (Wildman–Crippen LogP) is 4.49. The van der Waals surface area contributed by atoms with Crippen molar-refractivity contribution in [1.82, 2.24) is 4.98 Å². The predicted molar refractivity (Wildman–Crippen MR) is 111 cm³/mol. The number of carbonyl (C=O) groups is 1. The summed E-state index contributed by atoms with van der Waals surface area (Å²) in [6.07, 6.45) is 5.43. The van der Waals surface area contributed by atoms with Crippen LogP contribution in [0.1, 0.15) is 52.0 Å². The Balaban J connectivity index is 1.56. The van der Waals surface area contributed by atoms with Crippen LogP contribution in [0.15, 0.2) is 30.5 Å². The van der Waals surface area contributed by atoms with E-state index >= 15 is 0 Å². The van der Waals surface area contributed by atoms with Crippen molar-refractivity contribution in [1.29, 1.82) is 5.26 Å². The highest BCUT2D eigenvalue weighted by atomic mass is 16.5. The number of ether oxygens (including phenoxy) is 1. The molecule has 0 saturated carbocycles. The third-order valence-corrected chi connectivity index (χ3v) is 5.32. The Labute approximate surface area is 167 Å². The first-order valence-electron chi connectivity index (χ1n) is 10.1. The number of ketones is 1. The Bertz CT molecular complexity index is 872. The van der Waals surface area contributed by atoms with E-state index in [0.29, 0.717) is 17.9 Å². The minimum atomic E-state index is -0.264. The molecule has 1 fully saturated rings. The molecular formula is C23H29N3O2. The number of pyridine rings is 1. The molecule has 1 aliphatic heterocycles. The smallest absolute Gasteiger partial charge is 0.158 e. The van der Waals surface area contributed by atoms with Gasteiger partial charge in [0, 0.05) is 36.8 Å². The van der Waals surface area contributed by atoms with Crippen LogP contribution in [0.25, 0.3) is 10.9 Å². The lowest BCUT2D eigenvalue weighted by Crippen LogP contribution is -2.34. The molecule has 1 aromatic heterocycles. The van der Waals surface area contributed by atoms with E-state index in [9.17, 15) is 10.1 Å². The Morgan fingerprint density at radius 1 is 1.29 bits per heavy atom. The zero-order valence-corrected chi connectivity index (χ0v) is 17.1. The molecule has 0 unspecified atom stereocenters. The maximum Gasteiger partial charge on any atom is 0.158 e. The van der Waals surface area contributed by atoms with Gasteiger partial charge in [0.05, 0.1) is 16.7 Å². The van der Waals surface area contributed by atoms with Crippen molar-refractivity contribution < 1.29 is 9.53 Å². The Morgan fingerprint density at radius 3 is 2.71 bits per heavy atom. The van der Waals surface area contributed by atoms with Crippen LogP contribution in [0.2, 0.25) is 0 Å². The Hall–Kier alpha value is -2.45. The van der Waals surface area contributed by atoms with Gasteiger partial charge in [-0.05, 0) is 70.2 Å². The molecule has 0 atom stereocenters. The number of rotatable bonds is 6. The first kappa shape index (κ1) is 20.3. The van der Waals surface area contributed by atoms with E-state index in [4.69, 9.17) is 4.74 Å². The van der Waals surface area contributed by atoms with Crippen molar-refractivity contribution >= 4 is 22.4 Å². The molecule has 0 aliphatic carbocycles. The van der Waals surface area contributed by atoms with Crippen LogP contribution in [0.4, 0.5) is 5.69 Å². The molecule has 1 aliphatic rings. The third kappa shape index (κ3) is 5.08. The largest absolute Gasteiger partial charge is 0.371 e. The van der Waals surface area contributed by atoms with Crippen LogP contribution in [0.5, 0.6) is 0 Å². The van der Waals surface area contributed by atoms with Crippen LogP contribution in [0, 0.1) is 17.2 Å². The van der Waals surface area contributed by atoms with Crippen LogP contribution < -0.4 is 4.90 Å². The van der Waals surface area contributed by atoms with Gasteiger partial charge in [0.25, 0.3) is 0 Å². The molecule has 5 heteroatoms. The maximum absolute atomic E-state index is 12.1.